The van der Waals surface area contributed by atoms with Crippen LogP contribution in [-0.4, -0.2) is 36.6 Å². The first-order chi connectivity index (χ1) is 17.4. The number of benzene rings is 3. The van der Waals surface area contributed by atoms with Gasteiger partial charge in [-0.25, -0.2) is 4.79 Å². The van der Waals surface area contributed by atoms with Gasteiger partial charge in [-0.15, -0.1) is 0 Å². The minimum absolute atomic E-state index is 0.0963. The number of ether oxygens (including phenoxy) is 2. The van der Waals surface area contributed by atoms with Crippen LogP contribution >= 0.6 is 0 Å². The summed E-state index contributed by atoms with van der Waals surface area (Å²) in [5.74, 6) is 0.0572. The maximum atomic E-state index is 13.4. The van der Waals surface area contributed by atoms with Gasteiger partial charge in [-0.3, -0.25) is 4.79 Å². The Kier molecular flexibility index (Phi) is 10.5. The van der Waals surface area contributed by atoms with Crippen molar-refractivity contribution in [1.29, 1.82) is 0 Å². The molecular weight excluding hydrogens is 452 g/mol. The molecule has 0 unspecified atom stereocenters. The van der Waals surface area contributed by atoms with Crippen molar-refractivity contribution < 1.29 is 19.1 Å². The summed E-state index contributed by atoms with van der Waals surface area (Å²) in [7, 11) is 0. The Morgan fingerprint density at radius 1 is 0.750 bits per heavy atom. The van der Waals surface area contributed by atoms with Crippen molar-refractivity contribution in [1.82, 2.24) is 10.6 Å². The fourth-order valence-corrected chi connectivity index (χ4v) is 3.90. The number of esters is 1. The smallest absolute Gasteiger partial charge is 0.329 e. The predicted molar refractivity (Wildman–Crippen MR) is 142 cm³/mol. The summed E-state index contributed by atoms with van der Waals surface area (Å²) in [5, 5.41) is 6.29. The Morgan fingerprint density at radius 3 is 1.89 bits per heavy atom. The normalized spacial score (nSPS) is 12.6. The van der Waals surface area contributed by atoms with E-state index in [-0.39, 0.29) is 18.6 Å². The van der Waals surface area contributed by atoms with E-state index in [0.717, 1.165) is 22.4 Å². The van der Waals surface area contributed by atoms with Crippen molar-refractivity contribution in [2.45, 2.75) is 58.3 Å². The summed E-state index contributed by atoms with van der Waals surface area (Å²) in [4.78, 5) is 26.5. The second-order valence-electron chi connectivity index (χ2n) is 9.00. The SMILES string of the molecule is CCOc1ccc(C[C@H](NC(=O)[C@H](Cc2ccccc2)NC(C)C)C(=O)OCc2ccccc2)cc1. The minimum Gasteiger partial charge on any atom is -0.494 e. The molecule has 0 radical (unpaired) electrons. The van der Waals surface area contributed by atoms with Crippen LogP contribution in [0.1, 0.15) is 37.5 Å². The van der Waals surface area contributed by atoms with Crippen LogP contribution in [-0.2, 0) is 33.8 Å². The molecule has 2 atom stereocenters. The van der Waals surface area contributed by atoms with E-state index in [1.165, 1.54) is 0 Å². The molecule has 0 aliphatic heterocycles. The Labute approximate surface area is 214 Å². The zero-order valence-corrected chi connectivity index (χ0v) is 21.3. The third-order valence-electron chi connectivity index (χ3n) is 5.63. The van der Waals surface area contributed by atoms with Crippen LogP contribution in [0.4, 0.5) is 0 Å². The van der Waals surface area contributed by atoms with Crippen molar-refractivity contribution in [2.75, 3.05) is 6.61 Å². The lowest BCUT2D eigenvalue weighted by atomic mass is 10.0. The van der Waals surface area contributed by atoms with E-state index in [2.05, 4.69) is 10.6 Å². The average Bonchev–Trinajstić information content (AvgIpc) is 2.88. The predicted octanol–water partition coefficient (Wildman–Crippen LogP) is 4.47. The van der Waals surface area contributed by atoms with Gasteiger partial charge in [0, 0.05) is 12.5 Å². The second kappa shape index (κ2) is 14.0. The van der Waals surface area contributed by atoms with Gasteiger partial charge in [-0.1, -0.05) is 86.6 Å². The van der Waals surface area contributed by atoms with Crippen LogP contribution in [0, 0.1) is 0 Å². The van der Waals surface area contributed by atoms with E-state index < -0.39 is 18.1 Å². The molecule has 0 heterocycles. The summed E-state index contributed by atoms with van der Waals surface area (Å²) in [6.07, 6.45) is 0.825. The highest BCUT2D eigenvalue weighted by Crippen LogP contribution is 2.15. The van der Waals surface area contributed by atoms with Crippen LogP contribution in [0.15, 0.2) is 84.9 Å². The molecule has 0 aliphatic rings. The third-order valence-corrected chi connectivity index (χ3v) is 5.63. The molecule has 3 aromatic rings. The highest BCUT2D eigenvalue weighted by Gasteiger charge is 2.27. The molecule has 2 N–H and O–H groups in total. The van der Waals surface area contributed by atoms with E-state index in [1.807, 2.05) is 106 Å². The molecule has 6 nitrogen and oxygen atoms in total. The van der Waals surface area contributed by atoms with Gasteiger partial charge in [0.1, 0.15) is 18.4 Å². The molecule has 6 heteroatoms. The van der Waals surface area contributed by atoms with Crippen LogP contribution in [0.5, 0.6) is 5.75 Å². The number of amides is 1. The second-order valence-corrected chi connectivity index (χ2v) is 9.00. The van der Waals surface area contributed by atoms with Crippen LogP contribution in [0.25, 0.3) is 0 Å². The van der Waals surface area contributed by atoms with E-state index >= 15 is 0 Å². The van der Waals surface area contributed by atoms with E-state index in [0.29, 0.717) is 19.4 Å². The van der Waals surface area contributed by atoms with Crippen molar-refractivity contribution in [3.05, 3.63) is 102 Å². The van der Waals surface area contributed by atoms with Gasteiger partial charge in [0.2, 0.25) is 5.91 Å². The number of nitrogens with one attached hydrogen (secondary N) is 2. The molecule has 0 spiro atoms. The number of carbonyl (C=O) groups excluding carboxylic acids is 2. The van der Waals surface area contributed by atoms with Gasteiger partial charge in [0.25, 0.3) is 0 Å². The van der Waals surface area contributed by atoms with Crippen molar-refractivity contribution in [3.8, 4) is 5.75 Å². The van der Waals surface area contributed by atoms with Crippen molar-refractivity contribution >= 4 is 11.9 Å². The molecule has 3 rings (SSSR count). The van der Waals surface area contributed by atoms with Gasteiger partial charge in [0.05, 0.1) is 12.6 Å². The first-order valence-corrected chi connectivity index (χ1v) is 12.5. The number of hydrogen-bond donors (Lipinski definition) is 2. The largest absolute Gasteiger partial charge is 0.494 e. The molecule has 3 aromatic carbocycles. The highest BCUT2D eigenvalue weighted by molar-refractivity contribution is 5.88. The topological polar surface area (TPSA) is 76.7 Å². The van der Waals surface area contributed by atoms with Gasteiger partial charge in [-0.2, -0.15) is 0 Å². The average molecular weight is 489 g/mol. The van der Waals surface area contributed by atoms with Gasteiger partial charge in [-0.05, 0) is 42.2 Å². The van der Waals surface area contributed by atoms with Gasteiger partial charge >= 0.3 is 5.97 Å². The summed E-state index contributed by atoms with van der Waals surface area (Å²) in [6, 6.07) is 25.7. The molecule has 0 saturated heterocycles. The maximum Gasteiger partial charge on any atom is 0.329 e. The van der Waals surface area contributed by atoms with E-state index in [4.69, 9.17) is 9.47 Å². The number of carbonyl (C=O) groups is 2. The first kappa shape index (κ1) is 27.0. The van der Waals surface area contributed by atoms with E-state index in [9.17, 15) is 9.59 Å². The Morgan fingerprint density at radius 2 is 1.31 bits per heavy atom. The Balaban J connectivity index is 1.75. The molecule has 0 bridgehead atoms. The summed E-state index contributed by atoms with van der Waals surface area (Å²) in [6.45, 7) is 6.65. The molecule has 190 valence electrons. The summed E-state index contributed by atoms with van der Waals surface area (Å²) in [5.41, 5.74) is 2.83. The van der Waals surface area contributed by atoms with Gasteiger partial charge in [0.15, 0.2) is 0 Å². The Hall–Kier alpha value is -3.64. The monoisotopic (exact) mass is 488 g/mol. The highest BCUT2D eigenvalue weighted by atomic mass is 16.5. The lowest BCUT2D eigenvalue weighted by Crippen LogP contribution is -2.53. The number of hydrogen-bond acceptors (Lipinski definition) is 5. The van der Waals surface area contributed by atoms with Crippen molar-refractivity contribution in [3.63, 3.8) is 0 Å². The van der Waals surface area contributed by atoms with Crippen LogP contribution < -0.4 is 15.4 Å². The standard InChI is InChI=1S/C30H36N2O4/c1-4-35-26-17-15-24(16-18-26)20-28(30(34)36-21-25-13-9-6-10-14-25)32-29(33)27(31-22(2)3)19-23-11-7-5-8-12-23/h5-18,22,27-28,31H,4,19-21H2,1-3H3,(H,32,33)/t27-,28-/m0/s1. The van der Waals surface area contributed by atoms with Crippen LogP contribution in [0.3, 0.4) is 0 Å². The fraction of sp³-hybridized carbons (Fsp3) is 0.333. The molecular formula is C30H36N2O4. The lowest BCUT2D eigenvalue weighted by Gasteiger charge is -2.24. The molecule has 1 amide bonds. The zero-order chi connectivity index (χ0) is 25.8. The summed E-state index contributed by atoms with van der Waals surface area (Å²) >= 11 is 0. The van der Waals surface area contributed by atoms with Crippen LogP contribution in [0.2, 0.25) is 0 Å². The minimum atomic E-state index is -0.827. The third kappa shape index (κ3) is 8.86. The molecule has 0 aromatic heterocycles. The van der Waals surface area contributed by atoms with E-state index in [1.54, 1.807) is 0 Å². The molecule has 36 heavy (non-hydrogen) atoms. The fourth-order valence-electron chi connectivity index (χ4n) is 3.90. The molecule has 0 aliphatic carbocycles. The quantitative estimate of drug-likeness (QED) is 0.347. The molecule has 0 saturated carbocycles. The van der Waals surface area contributed by atoms with Gasteiger partial charge < -0.3 is 20.1 Å². The Bertz CT molecular complexity index is 1070. The first-order valence-electron chi connectivity index (χ1n) is 12.5. The summed E-state index contributed by atoms with van der Waals surface area (Å²) < 4.78 is 11.1. The van der Waals surface area contributed by atoms with Crippen molar-refractivity contribution in [2.24, 2.45) is 0 Å². The number of rotatable bonds is 13. The maximum absolute atomic E-state index is 13.4. The zero-order valence-electron chi connectivity index (χ0n) is 21.3. The lowest BCUT2D eigenvalue weighted by molar-refractivity contribution is -0.149. The molecule has 0 fully saturated rings.